The number of hydrogen-bond donors (Lipinski definition) is 1. The SMILES string of the molecule is CC(CN)N(C)C(=O)Cc1cccc2ccccc12.Cl. The lowest BCUT2D eigenvalue weighted by Crippen LogP contribution is -2.40. The highest BCUT2D eigenvalue weighted by Crippen LogP contribution is 2.19. The van der Waals surface area contributed by atoms with Gasteiger partial charge in [-0.3, -0.25) is 4.79 Å². The number of hydrogen-bond acceptors (Lipinski definition) is 2. The van der Waals surface area contributed by atoms with Crippen molar-refractivity contribution in [3.8, 4) is 0 Å². The molecule has 0 fully saturated rings. The first-order chi connectivity index (χ1) is 9.13. The Kier molecular flexibility index (Phi) is 5.99. The molecule has 0 spiro atoms. The lowest BCUT2D eigenvalue weighted by molar-refractivity contribution is -0.130. The van der Waals surface area contributed by atoms with Crippen LogP contribution in [0.1, 0.15) is 12.5 Å². The fraction of sp³-hybridized carbons (Fsp3) is 0.312. The van der Waals surface area contributed by atoms with Gasteiger partial charge < -0.3 is 10.6 Å². The molecule has 0 saturated carbocycles. The van der Waals surface area contributed by atoms with Crippen molar-refractivity contribution in [2.75, 3.05) is 13.6 Å². The molecule has 108 valence electrons. The molecule has 2 rings (SSSR count). The van der Waals surface area contributed by atoms with Crippen molar-refractivity contribution < 1.29 is 4.79 Å². The van der Waals surface area contributed by atoms with Crippen molar-refractivity contribution in [3.05, 3.63) is 48.0 Å². The largest absolute Gasteiger partial charge is 0.341 e. The van der Waals surface area contributed by atoms with Gasteiger partial charge in [0.25, 0.3) is 0 Å². The minimum atomic E-state index is 0. The zero-order valence-electron chi connectivity index (χ0n) is 11.9. The van der Waals surface area contributed by atoms with Gasteiger partial charge >= 0.3 is 0 Å². The summed E-state index contributed by atoms with van der Waals surface area (Å²) in [6, 6.07) is 14.3. The Morgan fingerprint density at radius 3 is 2.55 bits per heavy atom. The minimum absolute atomic E-state index is 0. The van der Waals surface area contributed by atoms with E-state index in [4.69, 9.17) is 5.73 Å². The number of fused-ring (bicyclic) bond motifs is 1. The summed E-state index contributed by atoms with van der Waals surface area (Å²) in [6.45, 7) is 2.44. The van der Waals surface area contributed by atoms with E-state index >= 15 is 0 Å². The van der Waals surface area contributed by atoms with E-state index in [1.807, 2.05) is 38.2 Å². The first-order valence-electron chi connectivity index (χ1n) is 6.56. The smallest absolute Gasteiger partial charge is 0.227 e. The van der Waals surface area contributed by atoms with Gasteiger partial charge in [0.05, 0.1) is 6.42 Å². The van der Waals surface area contributed by atoms with Crippen LogP contribution in [0.2, 0.25) is 0 Å². The van der Waals surface area contributed by atoms with Crippen molar-refractivity contribution in [2.45, 2.75) is 19.4 Å². The van der Waals surface area contributed by atoms with Crippen LogP contribution < -0.4 is 5.73 Å². The van der Waals surface area contributed by atoms with E-state index in [-0.39, 0.29) is 24.4 Å². The van der Waals surface area contributed by atoms with Gasteiger partial charge in [0, 0.05) is 19.6 Å². The summed E-state index contributed by atoms with van der Waals surface area (Å²) < 4.78 is 0. The van der Waals surface area contributed by atoms with Crippen LogP contribution in [0.3, 0.4) is 0 Å². The second kappa shape index (κ2) is 7.27. The lowest BCUT2D eigenvalue weighted by atomic mass is 10.0. The molecule has 3 nitrogen and oxygen atoms in total. The van der Waals surface area contributed by atoms with E-state index in [1.54, 1.807) is 4.90 Å². The van der Waals surface area contributed by atoms with Crippen molar-refractivity contribution in [2.24, 2.45) is 5.73 Å². The van der Waals surface area contributed by atoms with Gasteiger partial charge in [-0.15, -0.1) is 12.4 Å². The molecular weight excluding hydrogens is 272 g/mol. The number of rotatable bonds is 4. The van der Waals surface area contributed by atoms with Gasteiger partial charge in [-0.1, -0.05) is 42.5 Å². The summed E-state index contributed by atoms with van der Waals surface area (Å²) in [6.07, 6.45) is 0.419. The number of halogens is 1. The lowest BCUT2D eigenvalue weighted by Gasteiger charge is -2.24. The molecule has 0 aliphatic heterocycles. The zero-order chi connectivity index (χ0) is 13.8. The summed E-state index contributed by atoms with van der Waals surface area (Å²) in [5.74, 6) is 0.106. The van der Waals surface area contributed by atoms with Gasteiger partial charge in [0.15, 0.2) is 0 Å². The molecule has 0 aliphatic rings. The first kappa shape index (κ1) is 16.5. The van der Waals surface area contributed by atoms with E-state index in [1.165, 1.54) is 5.39 Å². The third-order valence-electron chi connectivity index (χ3n) is 3.62. The Hall–Kier alpha value is -1.58. The Balaban J connectivity index is 0.00000200. The number of carbonyl (C=O) groups is 1. The van der Waals surface area contributed by atoms with Crippen LogP contribution in [0.25, 0.3) is 10.8 Å². The average Bonchev–Trinajstić information content (AvgIpc) is 2.46. The first-order valence-corrected chi connectivity index (χ1v) is 6.56. The molecule has 1 atom stereocenters. The van der Waals surface area contributed by atoms with Crippen LogP contribution in [0.4, 0.5) is 0 Å². The van der Waals surface area contributed by atoms with E-state index in [0.29, 0.717) is 13.0 Å². The standard InChI is InChI=1S/C16H20N2O.ClH/c1-12(11-17)18(2)16(19)10-14-8-5-7-13-6-3-4-9-15(13)14;/h3-9,12H,10-11,17H2,1-2H3;1H. The molecule has 1 amide bonds. The van der Waals surface area contributed by atoms with E-state index in [0.717, 1.165) is 10.9 Å². The van der Waals surface area contributed by atoms with Crippen LogP contribution in [0.15, 0.2) is 42.5 Å². The van der Waals surface area contributed by atoms with Gasteiger partial charge in [-0.2, -0.15) is 0 Å². The fourth-order valence-corrected chi connectivity index (χ4v) is 2.14. The number of carbonyl (C=O) groups excluding carboxylic acids is 1. The highest BCUT2D eigenvalue weighted by atomic mass is 35.5. The van der Waals surface area contributed by atoms with Crippen molar-refractivity contribution in [1.29, 1.82) is 0 Å². The second-order valence-electron chi connectivity index (χ2n) is 4.90. The summed E-state index contributed by atoms with van der Waals surface area (Å²) in [4.78, 5) is 14.0. The Labute approximate surface area is 126 Å². The van der Waals surface area contributed by atoms with Crippen LogP contribution in [-0.4, -0.2) is 30.4 Å². The van der Waals surface area contributed by atoms with Crippen LogP contribution in [-0.2, 0) is 11.2 Å². The van der Waals surface area contributed by atoms with Crippen LogP contribution in [0, 0.1) is 0 Å². The Morgan fingerprint density at radius 2 is 1.85 bits per heavy atom. The van der Waals surface area contributed by atoms with Crippen molar-refractivity contribution in [1.82, 2.24) is 4.90 Å². The number of benzene rings is 2. The number of nitrogens with zero attached hydrogens (tertiary/aromatic N) is 1. The maximum atomic E-state index is 12.2. The predicted molar refractivity (Wildman–Crippen MR) is 86.2 cm³/mol. The molecule has 2 aromatic rings. The molecule has 2 N–H and O–H groups in total. The summed E-state index contributed by atoms with van der Waals surface area (Å²) in [5, 5.41) is 2.31. The third kappa shape index (κ3) is 3.50. The van der Waals surface area contributed by atoms with Crippen LogP contribution >= 0.6 is 12.4 Å². The summed E-state index contributed by atoms with van der Waals surface area (Å²) in [5.41, 5.74) is 6.67. The van der Waals surface area contributed by atoms with Gasteiger partial charge in [-0.25, -0.2) is 0 Å². The van der Waals surface area contributed by atoms with Gasteiger partial charge in [-0.05, 0) is 23.3 Å². The molecule has 2 aromatic carbocycles. The summed E-state index contributed by atoms with van der Waals surface area (Å²) >= 11 is 0. The molecule has 0 aromatic heterocycles. The molecule has 0 saturated heterocycles. The van der Waals surface area contributed by atoms with E-state index in [2.05, 4.69) is 18.2 Å². The zero-order valence-corrected chi connectivity index (χ0v) is 12.7. The molecule has 1 unspecified atom stereocenters. The topological polar surface area (TPSA) is 46.3 Å². The van der Waals surface area contributed by atoms with Crippen LogP contribution in [0.5, 0.6) is 0 Å². The molecule has 0 heterocycles. The maximum absolute atomic E-state index is 12.2. The quantitative estimate of drug-likeness (QED) is 0.941. The Bertz CT molecular complexity index is 580. The maximum Gasteiger partial charge on any atom is 0.227 e. The molecule has 0 aliphatic carbocycles. The van der Waals surface area contributed by atoms with Crippen molar-refractivity contribution >= 4 is 29.1 Å². The highest BCUT2D eigenvalue weighted by Gasteiger charge is 2.15. The normalized spacial score (nSPS) is 11.8. The molecule has 0 radical (unpaired) electrons. The minimum Gasteiger partial charge on any atom is -0.341 e. The van der Waals surface area contributed by atoms with Crippen molar-refractivity contribution in [3.63, 3.8) is 0 Å². The van der Waals surface area contributed by atoms with Gasteiger partial charge in [0.2, 0.25) is 5.91 Å². The summed E-state index contributed by atoms with van der Waals surface area (Å²) in [7, 11) is 1.81. The second-order valence-corrected chi connectivity index (χ2v) is 4.90. The van der Waals surface area contributed by atoms with Gasteiger partial charge in [0.1, 0.15) is 0 Å². The monoisotopic (exact) mass is 292 g/mol. The average molecular weight is 293 g/mol. The predicted octanol–water partition coefficient (Wildman–Crippen LogP) is 2.61. The number of nitrogens with two attached hydrogens (primary N) is 1. The number of amides is 1. The number of likely N-dealkylation sites (N-methyl/N-ethyl adjacent to an activating group) is 1. The van der Waals surface area contributed by atoms with E-state index < -0.39 is 0 Å². The van der Waals surface area contributed by atoms with E-state index in [9.17, 15) is 4.79 Å². The highest BCUT2D eigenvalue weighted by molar-refractivity contribution is 5.90. The third-order valence-corrected chi connectivity index (χ3v) is 3.62. The molecule has 20 heavy (non-hydrogen) atoms. The molecule has 4 heteroatoms. The molecular formula is C16H21ClN2O. The molecule has 0 bridgehead atoms. The Morgan fingerprint density at radius 1 is 1.20 bits per heavy atom. The fourth-order valence-electron chi connectivity index (χ4n) is 2.14.